The maximum atomic E-state index is 11.5. The number of nitrogens with zero attached hydrogens (tertiary/aromatic N) is 2. The van der Waals surface area contributed by atoms with E-state index in [0.29, 0.717) is 0 Å². The van der Waals surface area contributed by atoms with Crippen LogP contribution in [-0.4, -0.2) is 24.1 Å². The molecule has 0 aromatic carbocycles. The third-order valence-corrected chi connectivity index (χ3v) is 2.29. The molecule has 1 aromatic heterocycles. The zero-order chi connectivity index (χ0) is 9.97. The number of aryl methyl sites for hydroxylation is 1. The van der Waals surface area contributed by atoms with E-state index in [1.807, 2.05) is 19.1 Å². The summed E-state index contributed by atoms with van der Waals surface area (Å²) < 4.78 is 0. The summed E-state index contributed by atoms with van der Waals surface area (Å²) in [6.45, 7) is 3.48. The summed E-state index contributed by atoms with van der Waals surface area (Å²) in [6, 6.07) is 3.81. The van der Waals surface area contributed by atoms with E-state index in [0.717, 1.165) is 30.9 Å². The van der Waals surface area contributed by atoms with E-state index in [9.17, 15) is 4.79 Å². The summed E-state index contributed by atoms with van der Waals surface area (Å²) in [5, 5.41) is 2.80. The van der Waals surface area contributed by atoms with Gasteiger partial charge in [-0.25, -0.2) is 4.79 Å². The van der Waals surface area contributed by atoms with E-state index in [1.54, 1.807) is 11.1 Å². The van der Waals surface area contributed by atoms with Crippen molar-refractivity contribution in [1.82, 2.24) is 10.3 Å². The van der Waals surface area contributed by atoms with Gasteiger partial charge in [0, 0.05) is 18.8 Å². The molecule has 74 valence electrons. The van der Waals surface area contributed by atoms with E-state index >= 15 is 0 Å². The summed E-state index contributed by atoms with van der Waals surface area (Å²) in [6.07, 6.45) is 2.72. The standard InChI is InChI=1S/C10H13N3O/c1-8-3-4-9(7-12-8)13-6-2-5-11-10(13)14/h3-4,7H,2,5-6H2,1H3,(H,11,14). The number of aromatic nitrogens is 1. The summed E-state index contributed by atoms with van der Waals surface area (Å²) in [7, 11) is 0. The summed E-state index contributed by atoms with van der Waals surface area (Å²) >= 11 is 0. The molecule has 2 heterocycles. The molecule has 1 aliphatic heterocycles. The number of urea groups is 1. The van der Waals surface area contributed by atoms with Crippen LogP contribution in [0.2, 0.25) is 0 Å². The van der Waals surface area contributed by atoms with Gasteiger partial charge in [0.05, 0.1) is 11.9 Å². The molecule has 4 heteroatoms. The zero-order valence-corrected chi connectivity index (χ0v) is 8.16. The van der Waals surface area contributed by atoms with Gasteiger partial charge in [0.2, 0.25) is 0 Å². The lowest BCUT2D eigenvalue weighted by molar-refractivity contribution is 0.243. The van der Waals surface area contributed by atoms with Gasteiger partial charge in [0.1, 0.15) is 0 Å². The molecule has 1 aromatic rings. The molecule has 1 saturated heterocycles. The lowest BCUT2D eigenvalue weighted by Crippen LogP contribution is -2.46. The quantitative estimate of drug-likeness (QED) is 0.727. The highest BCUT2D eigenvalue weighted by Gasteiger charge is 2.18. The first kappa shape index (κ1) is 8.99. The number of anilines is 1. The molecule has 14 heavy (non-hydrogen) atoms. The number of nitrogens with one attached hydrogen (secondary N) is 1. The normalized spacial score (nSPS) is 16.6. The highest BCUT2D eigenvalue weighted by Crippen LogP contribution is 2.15. The van der Waals surface area contributed by atoms with Gasteiger partial charge in [-0.15, -0.1) is 0 Å². The second kappa shape index (κ2) is 3.65. The SMILES string of the molecule is Cc1ccc(N2CCCNC2=O)cn1. The largest absolute Gasteiger partial charge is 0.338 e. The molecule has 1 N–H and O–H groups in total. The number of hydrogen-bond donors (Lipinski definition) is 1. The zero-order valence-electron chi connectivity index (χ0n) is 8.16. The van der Waals surface area contributed by atoms with Gasteiger partial charge in [0.25, 0.3) is 0 Å². The van der Waals surface area contributed by atoms with Crippen LogP contribution in [0.3, 0.4) is 0 Å². The highest BCUT2D eigenvalue weighted by molar-refractivity contribution is 5.92. The van der Waals surface area contributed by atoms with E-state index in [-0.39, 0.29) is 6.03 Å². The molecule has 0 bridgehead atoms. The molecule has 0 spiro atoms. The van der Waals surface area contributed by atoms with Crippen molar-refractivity contribution in [1.29, 1.82) is 0 Å². The summed E-state index contributed by atoms with van der Waals surface area (Å²) in [5.41, 5.74) is 1.83. The Morgan fingerprint density at radius 2 is 2.36 bits per heavy atom. The fraction of sp³-hybridized carbons (Fsp3) is 0.400. The number of pyridine rings is 1. The number of amides is 2. The maximum absolute atomic E-state index is 11.5. The van der Waals surface area contributed by atoms with Gasteiger partial charge in [-0.2, -0.15) is 0 Å². The van der Waals surface area contributed by atoms with Crippen molar-refractivity contribution in [3.8, 4) is 0 Å². The molecule has 2 rings (SSSR count). The average Bonchev–Trinajstić information content (AvgIpc) is 2.20. The Bertz CT molecular complexity index is 334. The van der Waals surface area contributed by atoms with Crippen molar-refractivity contribution in [2.75, 3.05) is 18.0 Å². The highest BCUT2D eigenvalue weighted by atomic mass is 16.2. The van der Waals surface area contributed by atoms with Crippen LogP contribution in [0.4, 0.5) is 10.5 Å². The van der Waals surface area contributed by atoms with Crippen molar-refractivity contribution < 1.29 is 4.79 Å². The average molecular weight is 191 g/mol. The van der Waals surface area contributed by atoms with Crippen LogP contribution < -0.4 is 10.2 Å². The van der Waals surface area contributed by atoms with Crippen molar-refractivity contribution >= 4 is 11.7 Å². The van der Waals surface area contributed by atoms with Gasteiger partial charge in [-0.1, -0.05) is 0 Å². The van der Waals surface area contributed by atoms with Crippen molar-refractivity contribution in [2.45, 2.75) is 13.3 Å². The second-order valence-electron chi connectivity index (χ2n) is 3.39. The fourth-order valence-corrected chi connectivity index (χ4v) is 1.50. The molecule has 1 aliphatic rings. The van der Waals surface area contributed by atoms with Gasteiger partial charge in [0.15, 0.2) is 0 Å². The molecule has 0 unspecified atom stereocenters. The first-order valence-corrected chi connectivity index (χ1v) is 4.75. The molecular formula is C10H13N3O. The van der Waals surface area contributed by atoms with Crippen LogP contribution in [-0.2, 0) is 0 Å². The number of carbonyl (C=O) groups excluding carboxylic acids is 1. The Morgan fingerprint density at radius 1 is 1.50 bits per heavy atom. The molecule has 0 atom stereocenters. The van der Waals surface area contributed by atoms with Crippen LogP contribution in [0.15, 0.2) is 18.3 Å². The van der Waals surface area contributed by atoms with Gasteiger partial charge >= 0.3 is 6.03 Å². The monoisotopic (exact) mass is 191 g/mol. The number of hydrogen-bond acceptors (Lipinski definition) is 2. The van der Waals surface area contributed by atoms with E-state index in [4.69, 9.17) is 0 Å². The van der Waals surface area contributed by atoms with Crippen molar-refractivity contribution in [2.24, 2.45) is 0 Å². The maximum Gasteiger partial charge on any atom is 0.321 e. The van der Waals surface area contributed by atoms with Gasteiger partial charge in [-0.05, 0) is 25.5 Å². The predicted molar refractivity (Wildman–Crippen MR) is 54.3 cm³/mol. The van der Waals surface area contributed by atoms with Crippen LogP contribution >= 0.6 is 0 Å². The Balaban J connectivity index is 2.20. The lowest BCUT2D eigenvalue weighted by atomic mass is 10.2. The van der Waals surface area contributed by atoms with Crippen LogP contribution in [0, 0.1) is 6.92 Å². The molecular weight excluding hydrogens is 178 g/mol. The van der Waals surface area contributed by atoms with Crippen LogP contribution in [0.25, 0.3) is 0 Å². The van der Waals surface area contributed by atoms with Crippen LogP contribution in [0.1, 0.15) is 12.1 Å². The summed E-state index contributed by atoms with van der Waals surface area (Å²) in [4.78, 5) is 17.4. The molecule has 0 radical (unpaired) electrons. The smallest absolute Gasteiger partial charge is 0.321 e. The van der Waals surface area contributed by atoms with Gasteiger partial charge in [-0.3, -0.25) is 9.88 Å². The molecule has 0 saturated carbocycles. The van der Waals surface area contributed by atoms with Crippen molar-refractivity contribution in [3.63, 3.8) is 0 Å². The molecule has 0 aliphatic carbocycles. The van der Waals surface area contributed by atoms with E-state index in [1.165, 1.54) is 0 Å². The fourth-order valence-electron chi connectivity index (χ4n) is 1.50. The minimum absolute atomic E-state index is 0.0260. The Hall–Kier alpha value is -1.58. The third-order valence-electron chi connectivity index (χ3n) is 2.29. The number of carbonyl (C=O) groups is 1. The molecule has 4 nitrogen and oxygen atoms in total. The van der Waals surface area contributed by atoms with Gasteiger partial charge < -0.3 is 5.32 Å². The first-order chi connectivity index (χ1) is 6.77. The Labute approximate surface area is 82.9 Å². The van der Waals surface area contributed by atoms with Crippen molar-refractivity contribution in [3.05, 3.63) is 24.0 Å². The van der Waals surface area contributed by atoms with E-state index < -0.39 is 0 Å². The second-order valence-corrected chi connectivity index (χ2v) is 3.39. The third kappa shape index (κ3) is 1.69. The summed E-state index contributed by atoms with van der Waals surface area (Å²) in [5.74, 6) is 0. The minimum atomic E-state index is -0.0260. The number of rotatable bonds is 1. The Kier molecular flexibility index (Phi) is 2.35. The minimum Gasteiger partial charge on any atom is -0.338 e. The molecule has 2 amide bonds. The van der Waals surface area contributed by atoms with Crippen LogP contribution in [0.5, 0.6) is 0 Å². The van der Waals surface area contributed by atoms with E-state index in [2.05, 4.69) is 10.3 Å². The lowest BCUT2D eigenvalue weighted by Gasteiger charge is -2.27. The molecule has 1 fully saturated rings. The Morgan fingerprint density at radius 3 is 3.00 bits per heavy atom. The first-order valence-electron chi connectivity index (χ1n) is 4.75. The predicted octanol–water partition coefficient (Wildman–Crippen LogP) is 1.31. The topological polar surface area (TPSA) is 45.2 Å².